The smallest absolute Gasteiger partial charge is 0.0644 e. The lowest BCUT2D eigenvalue weighted by atomic mass is 10.00. The number of rotatable bonds is 9. The molecule has 4 heteroatoms. The molecule has 0 saturated carbocycles. The Kier molecular flexibility index (Phi) is 7.15. The second kappa shape index (κ2) is 8.10. The van der Waals surface area contributed by atoms with E-state index < -0.39 is 0 Å². The van der Waals surface area contributed by atoms with Crippen molar-refractivity contribution in [3.05, 3.63) is 0 Å². The maximum absolute atomic E-state index is 5.80. The normalized spacial score (nSPS) is 22.3. The molecule has 0 amide bonds. The lowest BCUT2D eigenvalue weighted by Gasteiger charge is -2.25. The van der Waals surface area contributed by atoms with Gasteiger partial charge in [-0.2, -0.15) is 0 Å². The Balaban J connectivity index is 2.21. The van der Waals surface area contributed by atoms with Crippen LogP contribution in [0.1, 0.15) is 33.6 Å². The van der Waals surface area contributed by atoms with Gasteiger partial charge in [-0.25, -0.2) is 0 Å². The summed E-state index contributed by atoms with van der Waals surface area (Å²) in [6.45, 7) is 10.6. The molecule has 1 rings (SSSR count). The zero-order chi connectivity index (χ0) is 13.4. The molecule has 2 atom stereocenters. The molecule has 0 aliphatic carbocycles. The summed E-state index contributed by atoms with van der Waals surface area (Å²) in [5.74, 6) is 0.598. The number of hydrogen-bond acceptors (Lipinski definition) is 4. The topological polar surface area (TPSA) is 39.7 Å². The van der Waals surface area contributed by atoms with Gasteiger partial charge in [-0.3, -0.25) is 0 Å². The Morgan fingerprint density at radius 2 is 2.22 bits per heavy atom. The Bertz CT molecular complexity index is 215. The summed E-state index contributed by atoms with van der Waals surface area (Å²) >= 11 is 0. The van der Waals surface area contributed by atoms with Crippen LogP contribution in [0, 0.1) is 5.92 Å². The first-order valence-electron chi connectivity index (χ1n) is 7.03. The van der Waals surface area contributed by atoms with Gasteiger partial charge in [0, 0.05) is 32.3 Å². The third kappa shape index (κ3) is 5.65. The SMILES string of the molecule is CCNC(COCCC(C)(C)OC)C1CCOC1. The Morgan fingerprint density at radius 3 is 2.78 bits per heavy atom. The van der Waals surface area contributed by atoms with Gasteiger partial charge in [-0.05, 0) is 33.2 Å². The van der Waals surface area contributed by atoms with Crippen LogP contribution in [0.4, 0.5) is 0 Å². The van der Waals surface area contributed by atoms with Crippen molar-refractivity contribution in [2.24, 2.45) is 5.92 Å². The van der Waals surface area contributed by atoms with Crippen molar-refractivity contribution in [1.29, 1.82) is 0 Å². The van der Waals surface area contributed by atoms with Crippen molar-refractivity contribution in [1.82, 2.24) is 5.32 Å². The summed E-state index contributed by atoms with van der Waals surface area (Å²) in [6, 6.07) is 0.420. The number of nitrogens with one attached hydrogen (secondary N) is 1. The highest BCUT2D eigenvalue weighted by Gasteiger charge is 2.25. The van der Waals surface area contributed by atoms with Crippen LogP contribution >= 0.6 is 0 Å². The van der Waals surface area contributed by atoms with E-state index in [1.165, 1.54) is 0 Å². The predicted octanol–water partition coefficient (Wildman–Crippen LogP) is 1.83. The van der Waals surface area contributed by atoms with Gasteiger partial charge in [-0.1, -0.05) is 6.92 Å². The van der Waals surface area contributed by atoms with E-state index in [2.05, 4.69) is 26.1 Å². The van der Waals surface area contributed by atoms with Gasteiger partial charge in [0.15, 0.2) is 0 Å². The first kappa shape index (κ1) is 15.9. The monoisotopic (exact) mass is 259 g/mol. The van der Waals surface area contributed by atoms with Crippen molar-refractivity contribution in [3.8, 4) is 0 Å². The summed E-state index contributed by atoms with van der Waals surface area (Å²) in [6.07, 6.45) is 2.06. The first-order chi connectivity index (χ1) is 8.59. The molecule has 1 saturated heterocycles. The highest BCUT2D eigenvalue weighted by atomic mass is 16.5. The van der Waals surface area contributed by atoms with Gasteiger partial charge in [0.25, 0.3) is 0 Å². The second-order valence-electron chi connectivity index (χ2n) is 5.58. The summed E-state index contributed by atoms with van der Waals surface area (Å²) in [7, 11) is 1.75. The molecule has 1 N–H and O–H groups in total. The minimum Gasteiger partial charge on any atom is -0.381 e. The van der Waals surface area contributed by atoms with Crippen LogP contribution in [0.3, 0.4) is 0 Å². The van der Waals surface area contributed by atoms with Crippen LogP contribution in [-0.4, -0.2) is 51.7 Å². The highest BCUT2D eigenvalue weighted by Crippen LogP contribution is 2.18. The maximum atomic E-state index is 5.80. The maximum Gasteiger partial charge on any atom is 0.0644 e. The van der Waals surface area contributed by atoms with E-state index in [1.54, 1.807) is 7.11 Å². The van der Waals surface area contributed by atoms with E-state index in [0.717, 1.165) is 45.8 Å². The largest absolute Gasteiger partial charge is 0.381 e. The van der Waals surface area contributed by atoms with Crippen LogP contribution in [0.5, 0.6) is 0 Å². The van der Waals surface area contributed by atoms with E-state index in [1.807, 2.05) is 0 Å². The second-order valence-corrected chi connectivity index (χ2v) is 5.58. The van der Waals surface area contributed by atoms with Crippen LogP contribution in [0.25, 0.3) is 0 Å². The quantitative estimate of drug-likeness (QED) is 0.641. The first-order valence-corrected chi connectivity index (χ1v) is 7.03. The molecule has 0 aromatic rings. The highest BCUT2D eigenvalue weighted by molar-refractivity contribution is 4.79. The van der Waals surface area contributed by atoms with Crippen molar-refractivity contribution in [2.75, 3.05) is 40.1 Å². The molecule has 0 spiro atoms. The molecule has 1 aliphatic rings. The standard InChI is InChI=1S/C14H29NO3/c1-5-15-13(12-6-8-17-10-12)11-18-9-7-14(2,3)16-4/h12-13,15H,5-11H2,1-4H3. The number of methoxy groups -OCH3 is 1. The summed E-state index contributed by atoms with van der Waals surface area (Å²) in [5, 5.41) is 3.50. The Hall–Kier alpha value is -0.160. The molecule has 1 fully saturated rings. The van der Waals surface area contributed by atoms with E-state index in [-0.39, 0.29) is 5.60 Å². The zero-order valence-electron chi connectivity index (χ0n) is 12.3. The lowest BCUT2D eigenvalue weighted by Crippen LogP contribution is -2.40. The fourth-order valence-electron chi connectivity index (χ4n) is 2.12. The van der Waals surface area contributed by atoms with Crippen LogP contribution in [-0.2, 0) is 14.2 Å². The molecule has 1 aliphatic heterocycles. The average Bonchev–Trinajstić information content (AvgIpc) is 2.87. The fraction of sp³-hybridized carbons (Fsp3) is 1.00. The minimum absolute atomic E-state index is 0.0931. The summed E-state index contributed by atoms with van der Waals surface area (Å²) in [5.41, 5.74) is -0.0931. The van der Waals surface area contributed by atoms with E-state index in [4.69, 9.17) is 14.2 Å². The van der Waals surface area contributed by atoms with Gasteiger partial charge < -0.3 is 19.5 Å². The van der Waals surface area contributed by atoms with Gasteiger partial charge in [0.05, 0.1) is 18.8 Å². The molecule has 2 unspecified atom stereocenters. The van der Waals surface area contributed by atoms with E-state index >= 15 is 0 Å². The number of hydrogen-bond donors (Lipinski definition) is 1. The Morgan fingerprint density at radius 1 is 1.44 bits per heavy atom. The third-order valence-corrected chi connectivity index (χ3v) is 3.70. The molecule has 108 valence electrons. The van der Waals surface area contributed by atoms with Gasteiger partial charge in [0.2, 0.25) is 0 Å². The molecule has 1 heterocycles. The predicted molar refractivity (Wildman–Crippen MR) is 72.9 cm³/mol. The number of ether oxygens (including phenoxy) is 3. The van der Waals surface area contributed by atoms with Crippen LogP contribution in [0.15, 0.2) is 0 Å². The Labute approximate surface area is 111 Å². The molecule has 0 aromatic heterocycles. The summed E-state index contributed by atoms with van der Waals surface area (Å²) in [4.78, 5) is 0. The van der Waals surface area contributed by atoms with Crippen molar-refractivity contribution in [3.63, 3.8) is 0 Å². The third-order valence-electron chi connectivity index (χ3n) is 3.70. The van der Waals surface area contributed by atoms with E-state index in [0.29, 0.717) is 12.0 Å². The molecule has 18 heavy (non-hydrogen) atoms. The fourth-order valence-corrected chi connectivity index (χ4v) is 2.12. The number of likely N-dealkylation sites (N-methyl/N-ethyl adjacent to an activating group) is 1. The van der Waals surface area contributed by atoms with Crippen molar-refractivity contribution >= 4 is 0 Å². The summed E-state index contributed by atoms with van der Waals surface area (Å²) < 4.78 is 16.6. The minimum atomic E-state index is -0.0931. The zero-order valence-corrected chi connectivity index (χ0v) is 12.3. The van der Waals surface area contributed by atoms with Gasteiger partial charge in [0.1, 0.15) is 0 Å². The lowest BCUT2D eigenvalue weighted by molar-refractivity contribution is -0.0145. The van der Waals surface area contributed by atoms with Crippen LogP contribution < -0.4 is 5.32 Å². The van der Waals surface area contributed by atoms with E-state index in [9.17, 15) is 0 Å². The molecule has 0 radical (unpaired) electrons. The van der Waals surface area contributed by atoms with Gasteiger partial charge in [-0.15, -0.1) is 0 Å². The van der Waals surface area contributed by atoms with Crippen molar-refractivity contribution in [2.45, 2.75) is 45.3 Å². The van der Waals surface area contributed by atoms with Crippen LogP contribution in [0.2, 0.25) is 0 Å². The molecule has 0 aromatic carbocycles. The van der Waals surface area contributed by atoms with Gasteiger partial charge >= 0.3 is 0 Å². The average molecular weight is 259 g/mol. The molecular formula is C14H29NO3. The molecular weight excluding hydrogens is 230 g/mol. The van der Waals surface area contributed by atoms with Crippen molar-refractivity contribution < 1.29 is 14.2 Å². The molecule has 4 nitrogen and oxygen atoms in total. The molecule has 0 bridgehead atoms.